The first-order chi connectivity index (χ1) is 30.1. The number of hydrogen-bond acceptors (Lipinski definition) is 8. The quantitative estimate of drug-likeness (QED) is 0.0977. The Balaban J connectivity index is 1.15. The molecule has 0 aliphatic heterocycles. The first-order valence-electron chi connectivity index (χ1n) is 24.7. The zero-order chi connectivity index (χ0) is 44.2. The number of aliphatic hydroxyl groups is 5. The molecular weight excluding hydrogens is 789 g/mol. The van der Waals surface area contributed by atoms with Gasteiger partial charge >= 0.3 is 0 Å². The van der Waals surface area contributed by atoms with E-state index in [4.69, 9.17) is 4.74 Å². The summed E-state index contributed by atoms with van der Waals surface area (Å²) in [5.41, 5.74) is -3.89. The Bertz CT molecular complexity index is 2390. The maximum atomic E-state index is 16.3. The van der Waals surface area contributed by atoms with Crippen LogP contribution >= 0.6 is 0 Å². The van der Waals surface area contributed by atoms with Crippen LogP contribution in [0.2, 0.25) is 0 Å². The van der Waals surface area contributed by atoms with Crippen LogP contribution in [0.4, 0.5) is 0 Å². The van der Waals surface area contributed by atoms with E-state index < -0.39 is 63.5 Å². The number of benzene rings is 1. The van der Waals surface area contributed by atoms with Crippen molar-refractivity contribution in [2.24, 2.45) is 73.4 Å². The first-order valence-corrected chi connectivity index (χ1v) is 24.7. The van der Waals surface area contributed by atoms with E-state index in [2.05, 4.69) is 56.1 Å². The van der Waals surface area contributed by atoms with Gasteiger partial charge < -0.3 is 30.3 Å². The van der Waals surface area contributed by atoms with Crippen molar-refractivity contribution in [2.45, 2.75) is 147 Å². The van der Waals surface area contributed by atoms with Gasteiger partial charge in [0, 0.05) is 43.5 Å². The average molecular weight is 859 g/mol. The van der Waals surface area contributed by atoms with Gasteiger partial charge in [0.2, 0.25) is 0 Å². The van der Waals surface area contributed by atoms with Gasteiger partial charge in [-0.05, 0) is 157 Å². The lowest BCUT2D eigenvalue weighted by molar-refractivity contribution is -0.294. The molecule has 3 spiro atoms. The number of carbonyl (C=O) groups excluding carboxylic acids is 2. The number of allylic oxidation sites excluding steroid dienone is 3. The van der Waals surface area contributed by atoms with Gasteiger partial charge in [0.25, 0.3) is 0 Å². The average Bonchev–Trinajstić information content (AvgIpc) is 3.67. The van der Waals surface area contributed by atoms with Crippen molar-refractivity contribution in [1.29, 1.82) is 0 Å². The molecule has 0 amide bonds. The predicted molar refractivity (Wildman–Crippen MR) is 240 cm³/mol. The minimum atomic E-state index is -1.37. The Morgan fingerprint density at radius 1 is 0.984 bits per heavy atom. The standard InChI is InChI=1S/C55H70O8/c1-48-19-6-5-14-45(60)55-40(29-48)39-28-42(58)47-51(49(39,2)32-53(55,62)23-16-35-11-8-20-52(35,55)31-48)21-15-34-26-37-33(10-7-12-36(37)41(57)13-9-25-63-4)27-38(34)54(47)24-18-44(59)50(3,46(61)30-56)43(54)17-22-51/h7,10,12,16,23,26-28,34-35,38,40,43-47,56,59-62H,6,8-9,11,13,15,17-22,24-25,29-32H2,1-4H3. The van der Waals surface area contributed by atoms with E-state index in [-0.39, 0.29) is 52.0 Å². The van der Waals surface area contributed by atoms with E-state index >= 15 is 4.79 Å². The minimum absolute atomic E-state index is 0.0221. The summed E-state index contributed by atoms with van der Waals surface area (Å²) >= 11 is 0. The summed E-state index contributed by atoms with van der Waals surface area (Å²) in [5.74, 6) is 6.06. The van der Waals surface area contributed by atoms with Crippen molar-refractivity contribution >= 4 is 23.7 Å². The molecule has 1 aromatic rings. The zero-order valence-corrected chi connectivity index (χ0v) is 38.0. The van der Waals surface area contributed by atoms with Crippen molar-refractivity contribution in [2.75, 3.05) is 20.3 Å². The van der Waals surface area contributed by atoms with Crippen LogP contribution in [0.25, 0.3) is 12.2 Å². The molecule has 11 aliphatic rings. The van der Waals surface area contributed by atoms with Crippen LogP contribution in [0, 0.1) is 85.3 Å². The van der Waals surface area contributed by atoms with Gasteiger partial charge in [0.05, 0.1) is 29.8 Å². The molecule has 0 aromatic heterocycles. The topological polar surface area (TPSA) is 145 Å². The Kier molecular flexibility index (Phi) is 9.54. The third-order valence-corrected chi connectivity index (χ3v) is 21.6. The second-order valence-electron chi connectivity index (χ2n) is 23.6. The number of Topliss-reactive ketones (excluding diaryl/α,β-unsaturated/α-hetero) is 1. The number of ether oxygens (including phenoxy) is 1. The monoisotopic (exact) mass is 859 g/mol. The molecule has 0 heterocycles. The van der Waals surface area contributed by atoms with E-state index in [9.17, 15) is 30.3 Å². The number of methoxy groups -OCH3 is 1. The molecule has 6 saturated carbocycles. The molecule has 5 N–H and O–H groups in total. The highest BCUT2D eigenvalue weighted by molar-refractivity contribution is 5.97. The van der Waals surface area contributed by atoms with Crippen LogP contribution in [0.15, 0.2) is 42.0 Å². The van der Waals surface area contributed by atoms with E-state index in [1.807, 2.05) is 25.1 Å². The molecule has 0 radical (unpaired) electrons. The summed E-state index contributed by atoms with van der Waals surface area (Å²) in [6.45, 7) is 6.80. The number of fused-ring (bicyclic) bond motifs is 6. The maximum Gasteiger partial charge on any atom is 0.163 e. The molecular formula is C55H70O8. The van der Waals surface area contributed by atoms with Gasteiger partial charge in [-0.15, -0.1) is 5.92 Å². The Morgan fingerprint density at radius 3 is 2.59 bits per heavy atom. The number of carbonyl (C=O) groups is 2. The van der Waals surface area contributed by atoms with E-state index in [0.717, 1.165) is 72.9 Å². The zero-order valence-electron chi connectivity index (χ0n) is 38.0. The number of hydrogen-bond donors (Lipinski definition) is 5. The van der Waals surface area contributed by atoms with Crippen molar-refractivity contribution < 1.29 is 39.9 Å². The molecule has 12 rings (SSSR count). The van der Waals surface area contributed by atoms with Crippen molar-refractivity contribution in [3.63, 3.8) is 0 Å². The fourth-order valence-corrected chi connectivity index (χ4v) is 19.5. The van der Waals surface area contributed by atoms with Crippen molar-refractivity contribution in [3.05, 3.63) is 58.0 Å². The van der Waals surface area contributed by atoms with Gasteiger partial charge in [-0.3, -0.25) is 9.59 Å². The summed E-state index contributed by atoms with van der Waals surface area (Å²) in [5, 5.41) is 63.6. The van der Waals surface area contributed by atoms with Gasteiger partial charge in [-0.1, -0.05) is 81.2 Å². The molecule has 11 aliphatic carbocycles. The fraction of sp³-hybridized carbons (Fsp3) is 0.709. The summed E-state index contributed by atoms with van der Waals surface area (Å²) in [4.78, 5) is 30.2. The van der Waals surface area contributed by atoms with E-state index in [1.54, 1.807) is 7.11 Å². The molecule has 17 atom stereocenters. The second-order valence-corrected chi connectivity index (χ2v) is 23.6. The molecule has 8 heteroatoms. The van der Waals surface area contributed by atoms with Crippen LogP contribution < -0.4 is 10.4 Å². The van der Waals surface area contributed by atoms with Crippen LogP contribution in [-0.2, 0) is 9.53 Å². The highest BCUT2D eigenvalue weighted by atomic mass is 16.5. The Morgan fingerprint density at radius 2 is 1.79 bits per heavy atom. The highest BCUT2D eigenvalue weighted by Gasteiger charge is 2.83. The smallest absolute Gasteiger partial charge is 0.163 e. The summed E-state index contributed by atoms with van der Waals surface area (Å²) in [7, 11) is 1.66. The lowest BCUT2D eigenvalue weighted by Crippen LogP contribution is -2.78. The minimum Gasteiger partial charge on any atom is -0.394 e. The summed E-state index contributed by atoms with van der Waals surface area (Å²) < 4.78 is 5.29. The molecule has 0 saturated heterocycles. The van der Waals surface area contributed by atoms with Crippen LogP contribution in [0.5, 0.6) is 0 Å². The normalized spacial score (nSPS) is 49.9. The summed E-state index contributed by atoms with van der Waals surface area (Å²) in [6, 6.07) is 6.01. The number of aliphatic hydroxyl groups excluding tert-OH is 4. The Hall–Kier alpha value is -2.90. The molecule has 6 fully saturated rings. The maximum absolute atomic E-state index is 16.3. The van der Waals surface area contributed by atoms with Gasteiger partial charge in [0.15, 0.2) is 11.6 Å². The van der Waals surface area contributed by atoms with Crippen molar-refractivity contribution in [3.8, 4) is 11.8 Å². The Labute approximate surface area is 373 Å². The molecule has 63 heavy (non-hydrogen) atoms. The summed E-state index contributed by atoms with van der Waals surface area (Å²) in [6.07, 6.45) is 19.8. The van der Waals surface area contributed by atoms with Crippen LogP contribution in [0.1, 0.15) is 134 Å². The second kappa shape index (κ2) is 14.1. The fourth-order valence-electron chi connectivity index (χ4n) is 19.5. The van der Waals surface area contributed by atoms with Gasteiger partial charge in [-0.2, -0.15) is 0 Å². The van der Waals surface area contributed by atoms with Crippen LogP contribution in [-0.4, -0.2) is 81.3 Å². The molecule has 17 unspecified atom stereocenters. The van der Waals surface area contributed by atoms with Gasteiger partial charge in [-0.25, -0.2) is 0 Å². The third kappa shape index (κ3) is 5.06. The van der Waals surface area contributed by atoms with E-state index in [0.29, 0.717) is 58.0 Å². The number of ketones is 2. The lowest BCUT2D eigenvalue weighted by atomic mass is 9.26. The molecule has 1 aromatic carbocycles. The first kappa shape index (κ1) is 42.7. The molecule has 338 valence electrons. The van der Waals surface area contributed by atoms with E-state index in [1.165, 1.54) is 0 Å². The SMILES string of the molecule is COCCCC(=O)c1cccc2c1=CC1CCC34CCC5C(C)(C(O)CO)C(O)CCC5(C1C=2)C3C(=O)C=C1C2CC3(C)CCC#CC(O)C25C(O)(C=CC2CCCC25C3)CC14C. The van der Waals surface area contributed by atoms with Gasteiger partial charge in [0.1, 0.15) is 6.10 Å². The third-order valence-electron chi connectivity index (χ3n) is 21.6. The van der Waals surface area contributed by atoms with Crippen LogP contribution in [0.3, 0.4) is 0 Å². The lowest BCUT2D eigenvalue weighted by Gasteiger charge is -2.78. The molecule has 8 nitrogen and oxygen atoms in total. The predicted octanol–water partition coefficient (Wildman–Crippen LogP) is 5.98. The highest BCUT2D eigenvalue weighted by Crippen LogP contribution is 2.85. The number of rotatable bonds is 7. The largest absolute Gasteiger partial charge is 0.394 e. The molecule has 4 bridgehead atoms. The van der Waals surface area contributed by atoms with Crippen molar-refractivity contribution in [1.82, 2.24) is 0 Å².